The maximum absolute atomic E-state index is 11.4. The Morgan fingerprint density at radius 3 is 2.93 bits per heavy atom. The molecule has 2 rings (SSSR count). The second-order valence-corrected chi connectivity index (χ2v) is 3.54. The number of hydrogen-bond acceptors (Lipinski definition) is 2. The van der Waals surface area contributed by atoms with Crippen LogP contribution in [0.15, 0.2) is 47.5 Å². The molecule has 15 heavy (non-hydrogen) atoms. The van der Waals surface area contributed by atoms with E-state index < -0.39 is 0 Å². The van der Waals surface area contributed by atoms with E-state index in [1.807, 2.05) is 12.1 Å². The molecule has 0 aromatic carbocycles. The smallest absolute Gasteiger partial charge is 0.250 e. The first-order valence-electron chi connectivity index (χ1n) is 4.51. The molecular weight excluding hydrogens is 212 g/mol. The lowest BCUT2D eigenvalue weighted by atomic mass is 10.2. The second kappa shape index (κ2) is 4.28. The summed E-state index contributed by atoms with van der Waals surface area (Å²) in [5.41, 5.74) is 0.939. The van der Waals surface area contributed by atoms with Gasteiger partial charge in [-0.15, -0.1) is 0 Å². The third kappa shape index (κ3) is 2.44. The Morgan fingerprint density at radius 1 is 1.33 bits per heavy atom. The lowest BCUT2D eigenvalue weighted by molar-refractivity contribution is 0.758. The van der Waals surface area contributed by atoms with Crippen molar-refractivity contribution in [3.05, 3.63) is 63.8 Å². The van der Waals surface area contributed by atoms with Gasteiger partial charge < -0.3 is 4.57 Å². The van der Waals surface area contributed by atoms with Gasteiger partial charge in [-0.2, -0.15) is 0 Å². The van der Waals surface area contributed by atoms with Crippen molar-refractivity contribution in [3.63, 3.8) is 0 Å². The van der Waals surface area contributed by atoms with Gasteiger partial charge in [0.05, 0.1) is 6.54 Å². The van der Waals surface area contributed by atoms with Crippen molar-refractivity contribution in [2.45, 2.75) is 6.54 Å². The van der Waals surface area contributed by atoms with E-state index in [0.29, 0.717) is 11.7 Å². The van der Waals surface area contributed by atoms with Gasteiger partial charge in [-0.3, -0.25) is 4.79 Å². The summed E-state index contributed by atoms with van der Waals surface area (Å²) in [5, 5.41) is 0.441. The van der Waals surface area contributed by atoms with Crippen molar-refractivity contribution in [2.75, 3.05) is 0 Å². The Bertz CT molecular complexity index is 522. The lowest BCUT2D eigenvalue weighted by Crippen LogP contribution is -2.18. The van der Waals surface area contributed by atoms with E-state index in [1.165, 1.54) is 6.07 Å². The fourth-order valence-electron chi connectivity index (χ4n) is 1.33. The standard InChI is InChI=1S/C11H9ClN2O/c12-10-7-9(4-5-13-10)8-14-6-2-1-3-11(14)15/h1-7H,8H2. The molecule has 2 aromatic heterocycles. The molecule has 0 saturated heterocycles. The molecule has 0 unspecified atom stereocenters. The molecule has 4 heteroatoms. The number of pyridine rings is 2. The van der Waals surface area contributed by atoms with Gasteiger partial charge in [0.1, 0.15) is 5.15 Å². The van der Waals surface area contributed by atoms with Gasteiger partial charge in [-0.05, 0) is 23.8 Å². The first-order chi connectivity index (χ1) is 7.25. The van der Waals surface area contributed by atoms with Crippen LogP contribution in [0.4, 0.5) is 0 Å². The largest absolute Gasteiger partial charge is 0.311 e. The van der Waals surface area contributed by atoms with Gasteiger partial charge in [0.15, 0.2) is 0 Å². The van der Waals surface area contributed by atoms with Gasteiger partial charge >= 0.3 is 0 Å². The van der Waals surface area contributed by atoms with Crippen LogP contribution < -0.4 is 5.56 Å². The molecule has 0 N–H and O–H groups in total. The van der Waals surface area contributed by atoms with Crippen LogP contribution in [0.5, 0.6) is 0 Å². The summed E-state index contributed by atoms with van der Waals surface area (Å²) in [6.45, 7) is 0.516. The van der Waals surface area contributed by atoms with Gasteiger partial charge in [0.25, 0.3) is 5.56 Å². The minimum absolute atomic E-state index is 0.0227. The molecule has 0 atom stereocenters. The predicted molar refractivity (Wildman–Crippen MR) is 59.1 cm³/mol. The summed E-state index contributed by atoms with van der Waals surface area (Å²) >= 11 is 5.75. The van der Waals surface area contributed by atoms with Gasteiger partial charge in [-0.1, -0.05) is 17.7 Å². The molecule has 2 aromatic rings. The summed E-state index contributed by atoms with van der Waals surface area (Å²) in [5.74, 6) is 0. The molecule has 0 saturated carbocycles. The van der Waals surface area contributed by atoms with Crippen molar-refractivity contribution in [3.8, 4) is 0 Å². The zero-order valence-electron chi connectivity index (χ0n) is 7.93. The molecule has 0 spiro atoms. The predicted octanol–water partition coefficient (Wildman–Crippen LogP) is 1.95. The highest BCUT2D eigenvalue weighted by molar-refractivity contribution is 6.29. The van der Waals surface area contributed by atoms with Gasteiger partial charge in [0.2, 0.25) is 0 Å². The van der Waals surface area contributed by atoms with Crippen molar-refractivity contribution in [1.29, 1.82) is 0 Å². The van der Waals surface area contributed by atoms with Crippen molar-refractivity contribution in [1.82, 2.24) is 9.55 Å². The fourth-order valence-corrected chi connectivity index (χ4v) is 1.53. The molecule has 0 bridgehead atoms. The first kappa shape index (κ1) is 9.93. The van der Waals surface area contributed by atoms with Gasteiger partial charge in [-0.25, -0.2) is 4.98 Å². The van der Waals surface area contributed by atoms with Crippen LogP contribution in [0.2, 0.25) is 5.15 Å². The third-order valence-corrected chi connectivity index (χ3v) is 2.25. The number of hydrogen-bond donors (Lipinski definition) is 0. The maximum atomic E-state index is 11.4. The molecule has 0 fully saturated rings. The van der Waals surface area contributed by atoms with Crippen molar-refractivity contribution < 1.29 is 0 Å². The molecule has 76 valence electrons. The summed E-state index contributed by atoms with van der Waals surface area (Å²) in [4.78, 5) is 15.3. The van der Waals surface area contributed by atoms with Crippen LogP contribution in [0.1, 0.15) is 5.56 Å². The van der Waals surface area contributed by atoms with Crippen LogP contribution in [0, 0.1) is 0 Å². The van der Waals surface area contributed by atoms with Gasteiger partial charge in [0, 0.05) is 18.5 Å². The second-order valence-electron chi connectivity index (χ2n) is 3.15. The average molecular weight is 221 g/mol. The highest BCUT2D eigenvalue weighted by Crippen LogP contribution is 2.07. The Balaban J connectivity index is 2.30. The van der Waals surface area contributed by atoms with Crippen LogP contribution in [-0.4, -0.2) is 9.55 Å². The van der Waals surface area contributed by atoms with E-state index in [-0.39, 0.29) is 5.56 Å². The Morgan fingerprint density at radius 2 is 2.20 bits per heavy atom. The Labute approximate surface area is 92.0 Å². The maximum Gasteiger partial charge on any atom is 0.250 e. The number of rotatable bonds is 2. The molecule has 0 aliphatic rings. The number of aromatic nitrogens is 2. The quantitative estimate of drug-likeness (QED) is 0.725. The molecule has 0 aliphatic carbocycles. The molecule has 0 aliphatic heterocycles. The Hall–Kier alpha value is -1.61. The fraction of sp³-hybridized carbons (Fsp3) is 0.0909. The normalized spacial score (nSPS) is 10.2. The topological polar surface area (TPSA) is 34.9 Å². The number of halogens is 1. The molecule has 0 amide bonds. The Kier molecular flexibility index (Phi) is 2.83. The van der Waals surface area contributed by atoms with Crippen LogP contribution in [0.3, 0.4) is 0 Å². The number of nitrogens with zero attached hydrogens (tertiary/aromatic N) is 2. The highest BCUT2D eigenvalue weighted by Gasteiger charge is 1.97. The first-order valence-corrected chi connectivity index (χ1v) is 4.89. The summed E-state index contributed by atoms with van der Waals surface area (Å²) in [6.07, 6.45) is 3.38. The SMILES string of the molecule is O=c1ccccn1Cc1ccnc(Cl)c1. The zero-order valence-corrected chi connectivity index (χ0v) is 8.69. The van der Waals surface area contributed by atoms with Crippen LogP contribution >= 0.6 is 11.6 Å². The van der Waals surface area contributed by atoms with Crippen molar-refractivity contribution >= 4 is 11.6 Å². The molecule has 2 heterocycles. The van der Waals surface area contributed by atoms with E-state index in [1.54, 1.807) is 29.1 Å². The van der Waals surface area contributed by atoms with E-state index in [4.69, 9.17) is 11.6 Å². The molecule has 0 radical (unpaired) electrons. The molecular formula is C11H9ClN2O. The van der Waals surface area contributed by atoms with E-state index >= 15 is 0 Å². The van der Waals surface area contributed by atoms with Crippen LogP contribution in [0.25, 0.3) is 0 Å². The van der Waals surface area contributed by atoms with E-state index in [0.717, 1.165) is 5.56 Å². The molecule has 3 nitrogen and oxygen atoms in total. The van der Waals surface area contributed by atoms with E-state index in [9.17, 15) is 4.79 Å². The van der Waals surface area contributed by atoms with Crippen molar-refractivity contribution in [2.24, 2.45) is 0 Å². The third-order valence-electron chi connectivity index (χ3n) is 2.04. The average Bonchev–Trinajstić information content (AvgIpc) is 2.22. The van der Waals surface area contributed by atoms with E-state index in [2.05, 4.69) is 4.98 Å². The summed E-state index contributed by atoms with van der Waals surface area (Å²) < 4.78 is 1.62. The lowest BCUT2D eigenvalue weighted by Gasteiger charge is -2.04. The summed E-state index contributed by atoms with van der Waals surface area (Å²) in [7, 11) is 0. The minimum Gasteiger partial charge on any atom is -0.311 e. The highest BCUT2D eigenvalue weighted by atomic mass is 35.5. The minimum atomic E-state index is -0.0227. The monoisotopic (exact) mass is 220 g/mol. The van der Waals surface area contributed by atoms with Crippen LogP contribution in [-0.2, 0) is 6.54 Å². The summed E-state index contributed by atoms with van der Waals surface area (Å²) in [6, 6.07) is 8.66. The zero-order chi connectivity index (χ0) is 10.7.